The molecule has 0 bridgehead atoms. The van der Waals surface area contributed by atoms with Gasteiger partial charge in [0.2, 0.25) is 0 Å². The molecule has 0 atom stereocenters. The van der Waals surface area contributed by atoms with Crippen LogP contribution in [0.15, 0.2) is 5.38 Å². The van der Waals surface area contributed by atoms with Gasteiger partial charge < -0.3 is 10.5 Å². The van der Waals surface area contributed by atoms with Gasteiger partial charge in [-0.1, -0.05) is 0 Å². The highest BCUT2D eigenvalue weighted by atomic mass is 32.1. The van der Waals surface area contributed by atoms with E-state index < -0.39 is 0 Å². The molecule has 1 aliphatic rings. The minimum atomic E-state index is 0. The lowest BCUT2D eigenvalue weighted by Gasteiger charge is -2.25. The summed E-state index contributed by atoms with van der Waals surface area (Å²) in [6, 6.07) is 0. The molecule has 2 N–H and O–H groups in total. The Kier molecular flexibility index (Phi) is 2.77. The largest absolute Gasteiger partial charge is 0.379 e. The molecule has 0 amide bonds. The van der Waals surface area contributed by atoms with Crippen LogP contribution < -0.4 is 5.73 Å². The Morgan fingerprint density at radius 3 is 3.00 bits per heavy atom. The van der Waals surface area contributed by atoms with E-state index in [2.05, 4.69) is 9.88 Å². The highest BCUT2D eigenvalue weighted by Crippen LogP contribution is 2.13. The van der Waals surface area contributed by atoms with E-state index in [1.807, 2.05) is 5.38 Å². The maximum absolute atomic E-state index is 5.55. The minimum Gasteiger partial charge on any atom is -0.379 e. The fraction of sp³-hybridized carbons (Fsp3) is 0.625. The molecule has 2 rings (SSSR count). The van der Waals surface area contributed by atoms with E-state index in [1.165, 1.54) is 11.3 Å². The van der Waals surface area contributed by atoms with E-state index in [1.54, 1.807) is 0 Å². The zero-order chi connectivity index (χ0) is 9.10. The Morgan fingerprint density at radius 2 is 2.38 bits per heavy atom. The fourth-order valence-electron chi connectivity index (χ4n) is 1.38. The van der Waals surface area contributed by atoms with Crippen LogP contribution in [0.25, 0.3) is 0 Å². The third kappa shape index (κ3) is 2.40. The zero-order valence-corrected chi connectivity index (χ0v) is 8.22. The lowest BCUT2D eigenvalue weighted by Crippen LogP contribution is -2.35. The Hall–Kier alpha value is -0.650. The third-order valence-corrected chi connectivity index (χ3v) is 2.78. The van der Waals surface area contributed by atoms with Crippen LogP contribution in [0.5, 0.6) is 0 Å². The van der Waals surface area contributed by atoms with Crippen molar-refractivity contribution in [1.82, 2.24) is 9.88 Å². The summed E-state index contributed by atoms with van der Waals surface area (Å²) in [6.45, 7) is 4.56. The number of anilines is 1. The molecule has 2 heterocycles. The number of nitrogen functional groups attached to an aromatic ring is 1. The van der Waals surface area contributed by atoms with Crippen molar-refractivity contribution in [2.45, 2.75) is 6.54 Å². The second-order valence-corrected chi connectivity index (χ2v) is 3.96. The Balaban J connectivity index is 0.000000980. The first-order valence-corrected chi connectivity index (χ1v) is 5.22. The van der Waals surface area contributed by atoms with Crippen LogP contribution in [0.1, 0.15) is 7.12 Å². The third-order valence-electron chi connectivity index (χ3n) is 2.06. The molecule has 0 saturated carbocycles. The predicted octanol–water partition coefficient (Wildman–Crippen LogP) is 0.803. The number of rotatable bonds is 2. The second kappa shape index (κ2) is 4.04. The van der Waals surface area contributed by atoms with Crippen LogP contribution >= 0.6 is 11.3 Å². The molecular formula is C8H15N3OS. The topological polar surface area (TPSA) is 51.4 Å². The van der Waals surface area contributed by atoms with Crippen molar-refractivity contribution in [2.24, 2.45) is 0 Å². The van der Waals surface area contributed by atoms with Crippen molar-refractivity contribution in [3.63, 3.8) is 0 Å². The molecule has 13 heavy (non-hydrogen) atoms. The molecule has 1 aromatic rings. The number of nitrogens with two attached hydrogens (primary N) is 1. The number of morpholine rings is 1. The Labute approximate surface area is 82.8 Å². The maximum atomic E-state index is 5.55. The van der Waals surface area contributed by atoms with Gasteiger partial charge in [-0.2, -0.15) is 0 Å². The van der Waals surface area contributed by atoms with Gasteiger partial charge in [-0.15, -0.1) is 11.3 Å². The minimum absolute atomic E-state index is 0. The molecule has 5 heteroatoms. The fourth-order valence-corrected chi connectivity index (χ4v) is 1.94. The van der Waals surface area contributed by atoms with Crippen LogP contribution in [0, 0.1) is 0 Å². The first-order chi connectivity index (χ1) is 6.34. The monoisotopic (exact) mass is 201 g/mol. The average Bonchev–Trinajstić information content (AvgIpc) is 2.53. The van der Waals surface area contributed by atoms with E-state index in [0.717, 1.165) is 38.5 Å². The molecule has 4 nitrogen and oxygen atoms in total. The molecule has 0 unspecified atom stereocenters. The van der Waals surface area contributed by atoms with Gasteiger partial charge in [-0.3, -0.25) is 4.90 Å². The first kappa shape index (κ1) is 8.93. The Morgan fingerprint density at radius 1 is 1.62 bits per heavy atom. The van der Waals surface area contributed by atoms with E-state index >= 15 is 0 Å². The second-order valence-electron chi connectivity index (χ2n) is 3.07. The van der Waals surface area contributed by atoms with Gasteiger partial charge in [0.05, 0.1) is 18.9 Å². The summed E-state index contributed by atoms with van der Waals surface area (Å²) in [6.07, 6.45) is 0. The number of ether oxygens (including phenoxy) is 1. The van der Waals surface area contributed by atoms with Crippen molar-refractivity contribution in [2.75, 3.05) is 32.0 Å². The van der Waals surface area contributed by atoms with Gasteiger partial charge in [-0.25, -0.2) is 4.98 Å². The first-order valence-electron chi connectivity index (χ1n) is 4.34. The standard InChI is InChI=1S/C8H13N3OS.H2/c9-8-10-7(6-13-8)5-11-1-3-12-4-2-11;/h6H,1-5H2,(H2,9,10);1H. The van der Waals surface area contributed by atoms with Crippen molar-refractivity contribution in [1.29, 1.82) is 0 Å². The lowest BCUT2D eigenvalue weighted by molar-refractivity contribution is 0.0337. The van der Waals surface area contributed by atoms with Gasteiger partial charge in [0, 0.05) is 26.4 Å². The van der Waals surface area contributed by atoms with Gasteiger partial charge >= 0.3 is 0 Å². The predicted molar refractivity (Wildman–Crippen MR) is 54.7 cm³/mol. The Bertz CT molecular complexity index is 275. The van der Waals surface area contributed by atoms with E-state index in [9.17, 15) is 0 Å². The van der Waals surface area contributed by atoms with Gasteiger partial charge in [0.25, 0.3) is 0 Å². The molecule has 0 spiro atoms. The average molecular weight is 201 g/mol. The molecule has 0 radical (unpaired) electrons. The number of aromatic nitrogens is 1. The smallest absolute Gasteiger partial charge is 0.180 e. The molecule has 1 aromatic heterocycles. The number of nitrogens with zero attached hydrogens (tertiary/aromatic N) is 2. The van der Waals surface area contributed by atoms with Crippen molar-refractivity contribution in [3.8, 4) is 0 Å². The number of hydrogen-bond donors (Lipinski definition) is 1. The summed E-state index contributed by atoms with van der Waals surface area (Å²) >= 11 is 1.50. The van der Waals surface area contributed by atoms with Crippen LogP contribution in [-0.4, -0.2) is 36.2 Å². The van der Waals surface area contributed by atoms with Gasteiger partial charge in [0.1, 0.15) is 0 Å². The highest BCUT2D eigenvalue weighted by molar-refractivity contribution is 7.13. The van der Waals surface area contributed by atoms with Gasteiger partial charge in [-0.05, 0) is 0 Å². The van der Waals surface area contributed by atoms with Crippen molar-refractivity contribution < 1.29 is 6.16 Å². The van der Waals surface area contributed by atoms with Crippen LogP contribution in [0.4, 0.5) is 5.13 Å². The quantitative estimate of drug-likeness (QED) is 0.769. The zero-order valence-electron chi connectivity index (χ0n) is 7.40. The summed E-state index contributed by atoms with van der Waals surface area (Å²) in [7, 11) is 0. The van der Waals surface area contributed by atoms with E-state index in [-0.39, 0.29) is 1.43 Å². The van der Waals surface area contributed by atoms with Crippen LogP contribution in [-0.2, 0) is 11.3 Å². The molecule has 1 fully saturated rings. The molecule has 0 aliphatic carbocycles. The van der Waals surface area contributed by atoms with Crippen molar-refractivity contribution in [3.05, 3.63) is 11.1 Å². The summed E-state index contributed by atoms with van der Waals surface area (Å²) in [5.74, 6) is 0. The SMILES string of the molecule is Nc1nc(CN2CCOCC2)cs1.[HH]. The molecule has 1 aliphatic heterocycles. The normalized spacial score (nSPS) is 19.1. The van der Waals surface area contributed by atoms with Crippen molar-refractivity contribution >= 4 is 16.5 Å². The molecule has 0 aromatic carbocycles. The number of thiazole rings is 1. The van der Waals surface area contributed by atoms with Crippen LogP contribution in [0.3, 0.4) is 0 Å². The van der Waals surface area contributed by atoms with E-state index in [0.29, 0.717) is 5.13 Å². The lowest BCUT2D eigenvalue weighted by atomic mass is 10.4. The van der Waals surface area contributed by atoms with E-state index in [4.69, 9.17) is 10.5 Å². The summed E-state index contributed by atoms with van der Waals surface area (Å²) in [4.78, 5) is 6.55. The van der Waals surface area contributed by atoms with Crippen LogP contribution in [0.2, 0.25) is 0 Å². The number of hydrogen-bond acceptors (Lipinski definition) is 5. The highest BCUT2D eigenvalue weighted by Gasteiger charge is 2.11. The molecular weight excluding hydrogens is 186 g/mol. The summed E-state index contributed by atoms with van der Waals surface area (Å²) < 4.78 is 5.26. The molecule has 74 valence electrons. The summed E-state index contributed by atoms with van der Waals surface area (Å²) in [5.41, 5.74) is 6.62. The maximum Gasteiger partial charge on any atom is 0.180 e. The van der Waals surface area contributed by atoms with Gasteiger partial charge in [0.15, 0.2) is 5.13 Å². The molecule has 1 saturated heterocycles. The summed E-state index contributed by atoms with van der Waals surface area (Å²) in [5, 5.41) is 2.67.